The van der Waals surface area contributed by atoms with Crippen molar-refractivity contribution in [2.75, 3.05) is 19.6 Å². The maximum absolute atomic E-state index is 12.0. The highest BCUT2D eigenvalue weighted by Crippen LogP contribution is 2.18. The van der Waals surface area contributed by atoms with Crippen molar-refractivity contribution in [1.29, 1.82) is 0 Å². The van der Waals surface area contributed by atoms with E-state index in [1.54, 1.807) is 11.3 Å². The molecule has 1 saturated heterocycles. The predicted octanol–water partition coefficient (Wildman–Crippen LogP) is 1.62. The van der Waals surface area contributed by atoms with E-state index >= 15 is 0 Å². The Morgan fingerprint density at radius 2 is 2.33 bits per heavy atom. The first-order valence-corrected chi connectivity index (χ1v) is 7.73. The first-order chi connectivity index (χ1) is 9.58. The van der Waals surface area contributed by atoms with Crippen molar-refractivity contribution >= 4 is 35.6 Å². The number of carboxylic acids is 1. The van der Waals surface area contributed by atoms with Gasteiger partial charge in [-0.2, -0.15) is 0 Å². The maximum Gasteiger partial charge on any atom is 0.307 e. The third kappa shape index (κ3) is 4.98. The molecular formula is C14H21ClN2O3S. The van der Waals surface area contributed by atoms with Crippen LogP contribution in [0.15, 0.2) is 17.5 Å². The molecule has 0 aromatic carbocycles. The zero-order valence-corrected chi connectivity index (χ0v) is 13.6. The van der Waals surface area contributed by atoms with Crippen LogP contribution in [0, 0.1) is 5.92 Å². The molecule has 1 aliphatic heterocycles. The van der Waals surface area contributed by atoms with Gasteiger partial charge in [0, 0.05) is 18.0 Å². The highest BCUT2D eigenvalue weighted by molar-refractivity contribution is 7.09. The summed E-state index contributed by atoms with van der Waals surface area (Å²) in [4.78, 5) is 26.2. The van der Waals surface area contributed by atoms with Crippen molar-refractivity contribution in [1.82, 2.24) is 10.2 Å². The van der Waals surface area contributed by atoms with E-state index in [-0.39, 0.29) is 30.3 Å². The number of halogens is 1. The molecule has 0 radical (unpaired) electrons. The summed E-state index contributed by atoms with van der Waals surface area (Å²) in [5, 5.41) is 13.9. The molecule has 5 nitrogen and oxygen atoms in total. The summed E-state index contributed by atoms with van der Waals surface area (Å²) >= 11 is 1.68. The van der Waals surface area contributed by atoms with E-state index < -0.39 is 5.97 Å². The number of nitrogens with one attached hydrogen (secondary N) is 1. The molecule has 2 rings (SSSR count). The predicted molar refractivity (Wildman–Crippen MR) is 85.1 cm³/mol. The summed E-state index contributed by atoms with van der Waals surface area (Å²) in [7, 11) is 0. The van der Waals surface area contributed by atoms with Gasteiger partial charge < -0.3 is 10.4 Å². The molecule has 7 heteroatoms. The normalized spacial score (nSPS) is 19.8. The van der Waals surface area contributed by atoms with Gasteiger partial charge in [-0.3, -0.25) is 14.5 Å². The van der Waals surface area contributed by atoms with Gasteiger partial charge in [0.2, 0.25) is 5.91 Å². The van der Waals surface area contributed by atoms with Gasteiger partial charge >= 0.3 is 5.97 Å². The molecule has 1 amide bonds. The smallest absolute Gasteiger partial charge is 0.307 e. The minimum atomic E-state index is -0.766. The summed E-state index contributed by atoms with van der Waals surface area (Å²) < 4.78 is 0. The summed E-state index contributed by atoms with van der Waals surface area (Å²) in [5.74, 6) is -1.12. The number of rotatable bonds is 6. The average Bonchev–Trinajstić information content (AvgIpc) is 3.08. The molecule has 0 spiro atoms. The van der Waals surface area contributed by atoms with Gasteiger partial charge in [-0.1, -0.05) is 6.07 Å². The second-order valence-corrected chi connectivity index (χ2v) is 6.15. The molecule has 2 heterocycles. The highest BCUT2D eigenvalue weighted by atomic mass is 35.5. The lowest BCUT2D eigenvalue weighted by Crippen LogP contribution is -2.44. The lowest BCUT2D eigenvalue weighted by atomic mass is 10.1. The molecule has 0 bridgehead atoms. The van der Waals surface area contributed by atoms with Crippen molar-refractivity contribution in [3.05, 3.63) is 22.4 Å². The first-order valence-electron chi connectivity index (χ1n) is 6.85. The van der Waals surface area contributed by atoms with Crippen LogP contribution in [0.2, 0.25) is 0 Å². The molecule has 2 N–H and O–H groups in total. The Morgan fingerprint density at radius 1 is 1.57 bits per heavy atom. The van der Waals surface area contributed by atoms with Crippen LogP contribution in [0.3, 0.4) is 0 Å². The quantitative estimate of drug-likeness (QED) is 0.830. The summed E-state index contributed by atoms with van der Waals surface area (Å²) in [6, 6.07) is 3.79. The number of nitrogens with zero attached hydrogens (tertiary/aromatic N) is 1. The molecule has 2 unspecified atom stereocenters. The summed E-state index contributed by atoms with van der Waals surface area (Å²) in [6.45, 7) is 3.61. The Balaban J connectivity index is 0.00000220. The SMILES string of the molecule is CC(C(=O)NCCc1cccs1)N1CCC(C(=O)O)C1.Cl. The van der Waals surface area contributed by atoms with Crippen molar-refractivity contribution in [2.24, 2.45) is 5.92 Å². The van der Waals surface area contributed by atoms with E-state index in [0.717, 1.165) is 6.42 Å². The molecular weight excluding hydrogens is 312 g/mol. The van der Waals surface area contributed by atoms with E-state index in [1.165, 1.54) is 4.88 Å². The molecule has 21 heavy (non-hydrogen) atoms. The second kappa shape index (κ2) is 8.36. The number of hydrogen-bond acceptors (Lipinski definition) is 4. The van der Waals surface area contributed by atoms with Gasteiger partial charge in [0.1, 0.15) is 0 Å². The van der Waals surface area contributed by atoms with Crippen LogP contribution < -0.4 is 5.32 Å². The van der Waals surface area contributed by atoms with Crippen LogP contribution in [0.25, 0.3) is 0 Å². The second-order valence-electron chi connectivity index (χ2n) is 5.12. The van der Waals surface area contributed by atoms with Crippen LogP contribution in [0.5, 0.6) is 0 Å². The monoisotopic (exact) mass is 332 g/mol. The van der Waals surface area contributed by atoms with E-state index in [4.69, 9.17) is 5.11 Å². The molecule has 2 atom stereocenters. The number of hydrogen-bond donors (Lipinski definition) is 2. The Morgan fingerprint density at radius 3 is 2.90 bits per heavy atom. The fraction of sp³-hybridized carbons (Fsp3) is 0.571. The molecule has 1 aromatic rings. The number of aliphatic carboxylic acids is 1. The lowest BCUT2D eigenvalue weighted by Gasteiger charge is -2.23. The van der Waals surface area contributed by atoms with Crippen LogP contribution in [0.1, 0.15) is 18.2 Å². The molecule has 1 aromatic heterocycles. The summed E-state index contributed by atoms with van der Waals surface area (Å²) in [6.07, 6.45) is 1.47. The molecule has 0 saturated carbocycles. The van der Waals surface area contributed by atoms with E-state index in [2.05, 4.69) is 11.4 Å². The zero-order chi connectivity index (χ0) is 14.5. The average molecular weight is 333 g/mol. The molecule has 1 aliphatic rings. The van der Waals surface area contributed by atoms with Gasteiger partial charge in [-0.15, -0.1) is 23.7 Å². The molecule has 1 fully saturated rings. The number of likely N-dealkylation sites (tertiary alicyclic amines) is 1. The van der Waals surface area contributed by atoms with Crippen LogP contribution >= 0.6 is 23.7 Å². The van der Waals surface area contributed by atoms with Gasteiger partial charge in [0.25, 0.3) is 0 Å². The number of carbonyl (C=O) groups is 2. The van der Waals surface area contributed by atoms with Crippen LogP contribution in [-0.4, -0.2) is 47.6 Å². The van der Waals surface area contributed by atoms with Crippen LogP contribution in [-0.2, 0) is 16.0 Å². The maximum atomic E-state index is 12.0. The first kappa shape index (κ1) is 17.9. The Bertz CT molecular complexity index is 467. The highest BCUT2D eigenvalue weighted by Gasteiger charge is 2.32. The molecule has 0 aliphatic carbocycles. The van der Waals surface area contributed by atoms with E-state index in [9.17, 15) is 9.59 Å². The minimum absolute atomic E-state index is 0. The topological polar surface area (TPSA) is 69.6 Å². The minimum Gasteiger partial charge on any atom is -0.481 e. The van der Waals surface area contributed by atoms with E-state index in [0.29, 0.717) is 26.1 Å². The third-order valence-electron chi connectivity index (χ3n) is 3.75. The Kier molecular flexibility index (Phi) is 7.14. The zero-order valence-electron chi connectivity index (χ0n) is 11.9. The van der Waals surface area contributed by atoms with Crippen molar-refractivity contribution in [3.63, 3.8) is 0 Å². The Labute approximate surface area is 134 Å². The summed E-state index contributed by atoms with van der Waals surface area (Å²) in [5.41, 5.74) is 0. The van der Waals surface area contributed by atoms with Gasteiger partial charge in [0.05, 0.1) is 12.0 Å². The standard InChI is InChI=1S/C14H20N2O3S.ClH/c1-10(16-7-5-11(9-16)14(18)19)13(17)15-6-4-12-3-2-8-20-12;/h2-3,8,10-11H,4-7,9H2,1H3,(H,15,17)(H,18,19);1H. The van der Waals surface area contributed by atoms with Crippen molar-refractivity contribution in [3.8, 4) is 0 Å². The van der Waals surface area contributed by atoms with Crippen LogP contribution in [0.4, 0.5) is 0 Å². The fourth-order valence-electron chi connectivity index (χ4n) is 2.42. The van der Waals surface area contributed by atoms with Gasteiger partial charge in [-0.05, 0) is 37.8 Å². The van der Waals surface area contributed by atoms with Gasteiger partial charge in [0.15, 0.2) is 0 Å². The third-order valence-corrected chi connectivity index (χ3v) is 4.68. The lowest BCUT2D eigenvalue weighted by molar-refractivity contribution is -0.141. The van der Waals surface area contributed by atoms with Gasteiger partial charge in [-0.25, -0.2) is 0 Å². The van der Waals surface area contributed by atoms with E-state index in [1.807, 2.05) is 23.3 Å². The number of carbonyl (C=O) groups excluding carboxylic acids is 1. The Hall–Kier alpha value is -1.11. The number of carboxylic acid groups (broad SMARTS) is 1. The van der Waals surface area contributed by atoms with Crippen molar-refractivity contribution < 1.29 is 14.7 Å². The number of thiophene rings is 1. The number of amides is 1. The van der Waals surface area contributed by atoms with Crippen molar-refractivity contribution in [2.45, 2.75) is 25.8 Å². The molecule has 118 valence electrons. The largest absolute Gasteiger partial charge is 0.481 e. The fourth-order valence-corrected chi connectivity index (χ4v) is 3.13.